The van der Waals surface area contributed by atoms with Gasteiger partial charge in [0.1, 0.15) is 4.88 Å². The fourth-order valence-electron chi connectivity index (χ4n) is 3.95. The number of aromatic nitrogens is 2. The van der Waals surface area contributed by atoms with E-state index in [0.29, 0.717) is 0 Å². The number of carbonyl (C=O) groups is 1. The van der Waals surface area contributed by atoms with E-state index in [9.17, 15) is 4.79 Å². The Balaban J connectivity index is 1.53. The Morgan fingerprint density at radius 3 is 2.84 bits per heavy atom. The lowest BCUT2D eigenvalue weighted by molar-refractivity contribution is 0.0739. The molecule has 0 aromatic carbocycles. The van der Waals surface area contributed by atoms with Crippen molar-refractivity contribution in [1.82, 2.24) is 19.8 Å². The first-order valence-electron chi connectivity index (χ1n) is 9.10. The summed E-state index contributed by atoms with van der Waals surface area (Å²) in [5.74, 6) is 0.125. The Kier molecular flexibility index (Phi) is 4.81. The summed E-state index contributed by atoms with van der Waals surface area (Å²) in [5, 5.41) is 0. The van der Waals surface area contributed by atoms with Crippen molar-refractivity contribution in [3.8, 4) is 0 Å². The third-order valence-electron chi connectivity index (χ3n) is 5.26. The van der Waals surface area contributed by atoms with Crippen molar-refractivity contribution in [2.75, 3.05) is 19.6 Å². The van der Waals surface area contributed by atoms with Crippen LogP contribution in [0.25, 0.3) is 0 Å². The molecule has 4 heterocycles. The van der Waals surface area contributed by atoms with E-state index in [2.05, 4.69) is 27.0 Å². The maximum atomic E-state index is 12.9. The fourth-order valence-corrected chi connectivity index (χ4v) is 4.71. The summed E-state index contributed by atoms with van der Waals surface area (Å²) in [6, 6.07) is 4.44. The van der Waals surface area contributed by atoms with Gasteiger partial charge in [-0.15, -0.1) is 11.3 Å². The smallest absolute Gasteiger partial charge is 0.266 e. The fraction of sp³-hybridized carbons (Fsp3) is 0.526. The molecule has 0 saturated carbocycles. The van der Waals surface area contributed by atoms with Crippen molar-refractivity contribution in [2.45, 2.75) is 45.2 Å². The van der Waals surface area contributed by atoms with Gasteiger partial charge < -0.3 is 4.90 Å². The lowest BCUT2D eigenvalue weighted by Crippen LogP contribution is -2.30. The third kappa shape index (κ3) is 3.46. The maximum Gasteiger partial charge on any atom is 0.266 e. The Hall–Kier alpha value is -1.79. The van der Waals surface area contributed by atoms with Crippen LogP contribution in [-0.2, 0) is 6.54 Å². The number of nitrogens with zero attached hydrogens (tertiary/aromatic N) is 4. The predicted octanol–water partition coefficient (Wildman–Crippen LogP) is 3.42. The zero-order chi connectivity index (χ0) is 17.2. The Morgan fingerprint density at radius 2 is 2.08 bits per heavy atom. The first-order valence-corrected chi connectivity index (χ1v) is 9.98. The maximum absolute atomic E-state index is 12.9. The minimum atomic E-state index is 0.125. The van der Waals surface area contributed by atoms with Crippen LogP contribution < -0.4 is 0 Å². The number of hydrogen-bond donors (Lipinski definition) is 0. The van der Waals surface area contributed by atoms with Crippen LogP contribution in [0.3, 0.4) is 0 Å². The van der Waals surface area contributed by atoms with Gasteiger partial charge in [-0.3, -0.25) is 14.7 Å². The summed E-state index contributed by atoms with van der Waals surface area (Å²) < 4.78 is 0. The summed E-state index contributed by atoms with van der Waals surface area (Å²) >= 11 is 1.44. The van der Waals surface area contributed by atoms with E-state index in [4.69, 9.17) is 0 Å². The van der Waals surface area contributed by atoms with E-state index in [0.717, 1.165) is 42.2 Å². The largest absolute Gasteiger partial charge is 0.331 e. The van der Waals surface area contributed by atoms with E-state index < -0.39 is 0 Å². The zero-order valence-corrected chi connectivity index (χ0v) is 15.5. The highest BCUT2D eigenvalue weighted by atomic mass is 32.1. The molecule has 4 rings (SSSR count). The molecule has 0 radical (unpaired) electrons. The molecule has 2 aliphatic heterocycles. The van der Waals surface area contributed by atoms with E-state index in [1.807, 2.05) is 18.0 Å². The number of amides is 1. The molecule has 25 heavy (non-hydrogen) atoms. The van der Waals surface area contributed by atoms with E-state index in [-0.39, 0.29) is 11.9 Å². The topological polar surface area (TPSA) is 49.3 Å². The average Bonchev–Trinajstić information content (AvgIpc) is 3.36. The van der Waals surface area contributed by atoms with Gasteiger partial charge in [0.05, 0.1) is 22.9 Å². The summed E-state index contributed by atoms with van der Waals surface area (Å²) in [6.45, 7) is 6.00. The number of hydrogen-bond acceptors (Lipinski definition) is 5. The van der Waals surface area contributed by atoms with Crippen LogP contribution >= 0.6 is 11.3 Å². The molecular formula is C19H24N4OS. The monoisotopic (exact) mass is 356 g/mol. The van der Waals surface area contributed by atoms with Gasteiger partial charge in [0.2, 0.25) is 0 Å². The van der Waals surface area contributed by atoms with E-state index in [1.165, 1.54) is 42.8 Å². The second-order valence-electron chi connectivity index (χ2n) is 6.99. The van der Waals surface area contributed by atoms with E-state index >= 15 is 0 Å². The molecular weight excluding hydrogens is 332 g/mol. The lowest BCUT2D eigenvalue weighted by Gasteiger charge is -2.25. The molecule has 2 aromatic rings. The number of thiazole rings is 1. The Morgan fingerprint density at radius 1 is 1.24 bits per heavy atom. The van der Waals surface area contributed by atoms with Crippen molar-refractivity contribution >= 4 is 17.2 Å². The second-order valence-corrected chi connectivity index (χ2v) is 7.84. The highest BCUT2D eigenvalue weighted by Crippen LogP contribution is 2.34. The van der Waals surface area contributed by atoms with Crippen LogP contribution in [-0.4, -0.2) is 45.3 Å². The minimum Gasteiger partial charge on any atom is -0.331 e. The minimum absolute atomic E-state index is 0.125. The summed E-state index contributed by atoms with van der Waals surface area (Å²) in [6.07, 6.45) is 6.56. The molecule has 2 fully saturated rings. The van der Waals surface area contributed by atoms with Crippen LogP contribution in [0.5, 0.6) is 0 Å². The normalized spacial score (nSPS) is 21.2. The van der Waals surface area contributed by atoms with Gasteiger partial charge in [-0.1, -0.05) is 0 Å². The van der Waals surface area contributed by atoms with Crippen LogP contribution in [0.4, 0.5) is 0 Å². The van der Waals surface area contributed by atoms with Gasteiger partial charge in [-0.2, -0.15) is 0 Å². The van der Waals surface area contributed by atoms with Crippen LogP contribution in [0.15, 0.2) is 23.8 Å². The highest BCUT2D eigenvalue weighted by Gasteiger charge is 2.32. The Labute approximate surface area is 152 Å². The molecule has 2 aliphatic rings. The highest BCUT2D eigenvalue weighted by molar-refractivity contribution is 7.11. The van der Waals surface area contributed by atoms with Crippen molar-refractivity contribution < 1.29 is 4.79 Å². The van der Waals surface area contributed by atoms with Crippen molar-refractivity contribution in [2.24, 2.45) is 0 Å². The van der Waals surface area contributed by atoms with Gasteiger partial charge in [0, 0.05) is 19.3 Å². The number of carbonyl (C=O) groups excluding carboxylic acids is 1. The van der Waals surface area contributed by atoms with Crippen molar-refractivity contribution in [1.29, 1.82) is 0 Å². The molecule has 1 amide bonds. The number of aryl methyl sites for hydroxylation is 1. The number of rotatable bonds is 4. The first-order chi connectivity index (χ1) is 12.2. The quantitative estimate of drug-likeness (QED) is 0.842. The molecule has 6 heteroatoms. The SMILES string of the molecule is Cc1ncsc1C(=O)N1CCCC1c1ccnc(CN2CCCC2)c1. The van der Waals surface area contributed by atoms with Gasteiger partial charge in [-0.25, -0.2) is 4.98 Å². The molecule has 0 spiro atoms. The third-order valence-corrected chi connectivity index (χ3v) is 6.18. The molecule has 132 valence electrons. The second kappa shape index (κ2) is 7.22. The molecule has 0 bridgehead atoms. The van der Waals surface area contributed by atoms with Crippen LogP contribution in [0.1, 0.15) is 58.3 Å². The number of likely N-dealkylation sites (tertiary alicyclic amines) is 2. The van der Waals surface area contributed by atoms with Gasteiger partial charge in [0.25, 0.3) is 5.91 Å². The predicted molar refractivity (Wildman–Crippen MR) is 98.6 cm³/mol. The summed E-state index contributed by atoms with van der Waals surface area (Å²) in [4.78, 5) is 27.0. The van der Waals surface area contributed by atoms with Crippen molar-refractivity contribution in [3.63, 3.8) is 0 Å². The van der Waals surface area contributed by atoms with Crippen molar-refractivity contribution in [3.05, 3.63) is 45.7 Å². The van der Waals surface area contributed by atoms with Gasteiger partial charge in [0.15, 0.2) is 0 Å². The molecule has 0 aliphatic carbocycles. The molecule has 1 unspecified atom stereocenters. The summed E-state index contributed by atoms with van der Waals surface area (Å²) in [5.41, 5.74) is 4.93. The first kappa shape index (κ1) is 16.7. The number of pyridine rings is 1. The standard InChI is InChI=1S/C19H24N4OS/c1-14-18(25-13-21-14)19(24)23-10-4-5-17(23)15-6-7-20-16(11-15)12-22-8-2-3-9-22/h6-7,11,13,17H,2-5,8-10,12H2,1H3. The molecule has 2 aromatic heterocycles. The van der Waals surface area contributed by atoms with E-state index in [1.54, 1.807) is 5.51 Å². The van der Waals surface area contributed by atoms with Crippen LogP contribution in [0, 0.1) is 6.92 Å². The molecule has 5 nitrogen and oxygen atoms in total. The molecule has 0 N–H and O–H groups in total. The van der Waals surface area contributed by atoms with Crippen LogP contribution in [0.2, 0.25) is 0 Å². The molecule has 2 saturated heterocycles. The summed E-state index contributed by atoms with van der Waals surface area (Å²) in [7, 11) is 0. The zero-order valence-electron chi connectivity index (χ0n) is 14.6. The van der Waals surface area contributed by atoms with Gasteiger partial charge >= 0.3 is 0 Å². The van der Waals surface area contributed by atoms with Gasteiger partial charge in [-0.05, 0) is 63.4 Å². The lowest BCUT2D eigenvalue weighted by atomic mass is 10.0. The Bertz CT molecular complexity index is 753. The average molecular weight is 356 g/mol. The molecule has 1 atom stereocenters.